The molecular weight excluding hydrogens is 384 g/mol. The van der Waals surface area contributed by atoms with E-state index in [2.05, 4.69) is 5.10 Å². The van der Waals surface area contributed by atoms with Gasteiger partial charge in [0.1, 0.15) is 5.75 Å². The lowest BCUT2D eigenvalue weighted by atomic mass is 10.0. The van der Waals surface area contributed by atoms with Gasteiger partial charge in [-0.3, -0.25) is 9.59 Å². The number of aromatic nitrogens is 2. The smallest absolute Gasteiger partial charge is 0.269 e. The summed E-state index contributed by atoms with van der Waals surface area (Å²) in [6.45, 7) is 4.27. The second kappa shape index (κ2) is 8.47. The summed E-state index contributed by atoms with van der Waals surface area (Å²) in [6.07, 6.45) is 3.66. The molecule has 8 nitrogen and oxygen atoms in total. The van der Waals surface area contributed by atoms with Crippen LogP contribution < -0.4 is 15.2 Å². The second-order valence-electron chi connectivity index (χ2n) is 8.11. The highest BCUT2D eigenvalue weighted by atomic mass is 16.5. The van der Waals surface area contributed by atoms with Gasteiger partial charge in [0.2, 0.25) is 0 Å². The van der Waals surface area contributed by atoms with Gasteiger partial charge in [-0.2, -0.15) is 5.10 Å². The van der Waals surface area contributed by atoms with Crippen molar-refractivity contribution < 1.29 is 14.6 Å². The number of hydrogen-bond acceptors (Lipinski definition) is 6. The van der Waals surface area contributed by atoms with Crippen molar-refractivity contribution in [2.45, 2.75) is 38.3 Å². The van der Waals surface area contributed by atoms with Crippen LogP contribution in [0, 0.1) is 6.92 Å². The maximum Gasteiger partial charge on any atom is 0.269 e. The zero-order chi connectivity index (χ0) is 21.3. The number of carbonyl (C=O) groups excluding carboxylic acids is 1. The number of likely N-dealkylation sites (tertiary alicyclic amines) is 1. The number of ether oxygens (including phenoxy) is 1. The second-order valence-corrected chi connectivity index (χ2v) is 8.11. The first-order valence-electron chi connectivity index (χ1n) is 10.4. The van der Waals surface area contributed by atoms with Gasteiger partial charge in [-0.1, -0.05) is 0 Å². The number of benzene rings is 1. The molecule has 1 aromatic heterocycles. The van der Waals surface area contributed by atoms with E-state index < -0.39 is 0 Å². The monoisotopic (exact) mass is 412 g/mol. The maximum absolute atomic E-state index is 13.1. The Morgan fingerprint density at radius 2 is 2.03 bits per heavy atom. The van der Waals surface area contributed by atoms with Gasteiger partial charge in [-0.05, 0) is 49.9 Å². The van der Waals surface area contributed by atoms with Gasteiger partial charge in [0.05, 0.1) is 31.1 Å². The minimum absolute atomic E-state index is 0.0319. The van der Waals surface area contributed by atoms with Crippen LogP contribution in [0.5, 0.6) is 5.75 Å². The minimum Gasteiger partial charge on any atom is -0.497 e. The van der Waals surface area contributed by atoms with E-state index >= 15 is 0 Å². The summed E-state index contributed by atoms with van der Waals surface area (Å²) in [5.41, 5.74) is 2.09. The molecule has 0 bridgehead atoms. The molecule has 0 radical (unpaired) electrons. The van der Waals surface area contributed by atoms with Crippen molar-refractivity contribution in [1.29, 1.82) is 0 Å². The van der Waals surface area contributed by atoms with E-state index in [-0.39, 0.29) is 23.6 Å². The van der Waals surface area contributed by atoms with E-state index in [9.17, 15) is 14.7 Å². The largest absolute Gasteiger partial charge is 0.497 e. The van der Waals surface area contributed by atoms with E-state index in [1.807, 2.05) is 22.8 Å². The molecule has 4 rings (SSSR count). The van der Waals surface area contributed by atoms with Crippen LogP contribution in [-0.4, -0.2) is 65.1 Å². The molecule has 2 aliphatic heterocycles. The fourth-order valence-corrected chi connectivity index (χ4v) is 4.34. The van der Waals surface area contributed by atoms with Gasteiger partial charge >= 0.3 is 0 Å². The van der Waals surface area contributed by atoms with Crippen LogP contribution in [0.3, 0.4) is 0 Å². The van der Waals surface area contributed by atoms with Crippen LogP contribution in [-0.2, 0) is 0 Å². The van der Waals surface area contributed by atoms with Gasteiger partial charge < -0.3 is 19.6 Å². The van der Waals surface area contributed by atoms with Gasteiger partial charge in [-0.25, -0.2) is 4.68 Å². The van der Waals surface area contributed by atoms with Crippen LogP contribution in [0.25, 0.3) is 0 Å². The molecule has 160 valence electrons. The first-order valence-corrected chi connectivity index (χ1v) is 10.4. The molecule has 2 aromatic rings. The fourth-order valence-electron chi connectivity index (χ4n) is 4.34. The van der Waals surface area contributed by atoms with Crippen molar-refractivity contribution in [2.75, 3.05) is 38.2 Å². The quantitative estimate of drug-likeness (QED) is 0.821. The average Bonchev–Trinajstić information content (AvgIpc) is 3.19. The van der Waals surface area contributed by atoms with Crippen LogP contribution >= 0.6 is 0 Å². The number of hydrogen-bond donors (Lipinski definition) is 1. The lowest BCUT2D eigenvalue weighted by Crippen LogP contribution is -2.43. The molecule has 2 aliphatic rings. The summed E-state index contributed by atoms with van der Waals surface area (Å²) in [4.78, 5) is 29.6. The molecule has 3 heterocycles. The number of anilines is 1. The number of β-amino-alcohol motifs (C(OH)–C–C–N with tert-alkyl or cyclic N) is 1. The van der Waals surface area contributed by atoms with Crippen molar-refractivity contribution in [3.8, 4) is 5.75 Å². The first-order chi connectivity index (χ1) is 14.5. The molecule has 1 N–H and O–H groups in total. The van der Waals surface area contributed by atoms with Crippen LogP contribution in [0.1, 0.15) is 41.2 Å². The maximum atomic E-state index is 13.1. The molecular formula is C22H28N4O4. The Kier molecular flexibility index (Phi) is 5.76. The minimum atomic E-state index is -0.355. The van der Waals surface area contributed by atoms with Crippen LogP contribution in [0.4, 0.5) is 5.69 Å². The Labute approximate surface area is 175 Å². The zero-order valence-electron chi connectivity index (χ0n) is 17.5. The third-order valence-corrected chi connectivity index (χ3v) is 6.03. The fraction of sp³-hybridized carbons (Fsp3) is 0.500. The Balaban J connectivity index is 1.50. The molecule has 2 saturated heterocycles. The third-order valence-electron chi connectivity index (χ3n) is 6.03. The summed E-state index contributed by atoms with van der Waals surface area (Å²) >= 11 is 0. The van der Waals surface area contributed by atoms with Crippen LogP contribution in [0.15, 0.2) is 35.3 Å². The molecule has 1 amide bonds. The van der Waals surface area contributed by atoms with Crippen molar-refractivity contribution in [3.63, 3.8) is 0 Å². The van der Waals surface area contributed by atoms with Gasteiger partial charge in [0, 0.05) is 37.8 Å². The summed E-state index contributed by atoms with van der Waals surface area (Å²) in [5, 5.41) is 14.1. The number of methoxy groups -OCH3 is 1. The van der Waals surface area contributed by atoms with Crippen molar-refractivity contribution >= 4 is 11.6 Å². The van der Waals surface area contributed by atoms with E-state index in [4.69, 9.17) is 4.74 Å². The SMILES string of the molecule is COc1ccc(C(=O)N2CCC[C@@H](n3ncc(N4CC[C@H](O)C4)cc3=O)C2)c(C)c1. The standard InChI is InChI=1S/C22H28N4O4/c1-15-10-19(30-2)5-6-20(15)22(29)25-8-3-4-16(13-25)26-21(28)11-17(12-23-26)24-9-7-18(27)14-24/h5-6,10-12,16,18,27H,3-4,7-9,13-14H2,1-2H3/t16-,18+/m1/s1. The number of carbonyl (C=O) groups is 1. The lowest BCUT2D eigenvalue weighted by Gasteiger charge is -2.33. The molecule has 0 unspecified atom stereocenters. The number of nitrogens with zero attached hydrogens (tertiary/aromatic N) is 4. The molecule has 0 saturated carbocycles. The average molecular weight is 412 g/mol. The Morgan fingerprint density at radius 3 is 2.70 bits per heavy atom. The predicted molar refractivity (Wildman–Crippen MR) is 113 cm³/mol. The predicted octanol–water partition coefficient (Wildman–Crippen LogP) is 1.61. The summed E-state index contributed by atoms with van der Waals surface area (Å²) in [5.74, 6) is 0.692. The Hall–Kier alpha value is -2.87. The normalized spacial score (nSPS) is 21.7. The highest BCUT2D eigenvalue weighted by Crippen LogP contribution is 2.25. The number of aryl methyl sites for hydroxylation is 1. The molecule has 2 fully saturated rings. The highest BCUT2D eigenvalue weighted by Gasteiger charge is 2.28. The summed E-state index contributed by atoms with van der Waals surface area (Å²) < 4.78 is 6.72. The lowest BCUT2D eigenvalue weighted by molar-refractivity contribution is 0.0669. The third kappa shape index (κ3) is 4.05. The molecule has 0 spiro atoms. The van der Waals surface area contributed by atoms with E-state index in [0.29, 0.717) is 31.6 Å². The van der Waals surface area contributed by atoms with E-state index in [0.717, 1.165) is 36.4 Å². The molecule has 1 aromatic carbocycles. The number of amides is 1. The van der Waals surface area contributed by atoms with Gasteiger partial charge in [0.15, 0.2) is 0 Å². The Morgan fingerprint density at radius 1 is 1.20 bits per heavy atom. The molecule has 0 aliphatic carbocycles. The topological polar surface area (TPSA) is 87.9 Å². The molecule has 2 atom stereocenters. The van der Waals surface area contributed by atoms with Crippen molar-refractivity contribution in [2.24, 2.45) is 0 Å². The summed E-state index contributed by atoms with van der Waals surface area (Å²) in [6, 6.07) is 6.88. The van der Waals surface area contributed by atoms with Gasteiger partial charge in [-0.15, -0.1) is 0 Å². The van der Waals surface area contributed by atoms with E-state index in [1.165, 1.54) is 4.68 Å². The van der Waals surface area contributed by atoms with Crippen LogP contribution in [0.2, 0.25) is 0 Å². The van der Waals surface area contributed by atoms with Gasteiger partial charge in [0.25, 0.3) is 11.5 Å². The first kappa shape index (κ1) is 20.4. The summed E-state index contributed by atoms with van der Waals surface area (Å²) in [7, 11) is 1.60. The number of piperidine rings is 1. The number of rotatable bonds is 4. The molecule has 30 heavy (non-hydrogen) atoms. The Bertz CT molecular complexity index is 989. The van der Waals surface area contributed by atoms with E-state index in [1.54, 1.807) is 31.5 Å². The van der Waals surface area contributed by atoms with Crippen molar-refractivity contribution in [1.82, 2.24) is 14.7 Å². The highest BCUT2D eigenvalue weighted by molar-refractivity contribution is 5.95. The number of aliphatic hydroxyl groups excluding tert-OH is 1. The number of aliphatic hydroxyl groups is 1. The van der Waals surface area contributed by atoms with Crippen molar-refractivity contribution in [3.05, 3.63) is 51.9 Å². The molecule has 8 heteroatoms. The zero-order valence-corrected chi connectivity index (χ0v) is 17.5.